The van der Waals surface area contributed by atoms with Crippen LogP contribution in [-0.2, 0) is 16.1 Å². The van der Waals surface area contributed by atoms with Gasteiger partial charge in [-0.2, -0.15) is 0 Å². The van der Waals surface area contributed by atoms with Gasteiger partial charge in [-0.15, -0.1) is 0 Å². The van der Waals surface area contributed by atoms with Gasteiger partial charge in [-0.25, -0.2) is 4.79 Å². The average Bonchev–Trinajstić information content (AvgIpc) is 2.80. The lowest BCUT2D eigenvalue weighted by Crippen LogP contribution is -2.42. The Balaban J connectivity index is 2.39. The molecule has 0 saturated carbocycles. The molecular formula is C13H13N3O5. The van der Waals surface area contributed by atoms with Crippen LogP contribution in [0, 0.1) is 10.1 Å². The third kappa shape index (κ3) is 2.99. The third-order valence-corrected chi connectivity index (χ3v) is 3.04. The van der Waals surface area contributed by atoms with Crippen molar-refractivity contribution in [3.05, 3.63) is 40.6 Å². The lowest BCUT2D eigenvalue weighted by molar-refractivity contribution is -0.383. The van der Waals surface area contributed by atoms with Crippen LogP contribution in [0.2, 0.25) is 0 Å². The van der Waals surface area contributed by atoms with E-state index in [1.165, 1.54) is 19.1 Å². The molecule has 2 aromatic rings. The lowest BCUT2D eigenvalue weighted by atomic mass is 10.2. The SMILES string of the molecule is CC(=O)NC(Cn1ccc2c([N+](=O)[O-])cccc21)C(=O)O. The summed E-state index contributed by atoms with van der Waals surface area (Å²) in [5, 5.41) is 22.8. The predicted octanol–water partition coefficient (Wildman–Crippen LogP) is 1.14. The number of benzene rings is 1. The number of nitro groups is 1. The van der Waals surface area contributed by atoms with Crippen molar-refractivity contribution < 1.29 is 19.6 Å². The molecular weight excluding hydrogens is 278 g/mol. The number of hydrogen-bond donors (Lipinski definition) is 2. The summed E-state index contributed by atoms with van der Waals surface area (Å²) in [6.45, 7) is 1.22. The number of carboxylic acids is 1. The molecule has 21 heavy (non-hydrogen) atoms. The Kier molecular flexibility index (Phi) is 3.88. The van der Waals surface area contributed by atoms with Crippen molar-refractivity contribution in [1.29, 1.82) is 0 Å². The molecule has 8 heteroatoms. The second-order valence-corrected chi connectivity index (χ2v) is 4.53. The van der Waals surface area contributed by atoms with E-state index < -0.39 is 22.8 Å². The summed E-state index contributed by atoms with van der Waals surface area (Å²) in [6.07, 6.45) is 1.56. The maximum absolute atomic E-state index is 11.1. The predicted molar refractivity (Wildman–Crippen MR) is 73.8 cm³/mol. The van der Waals surface area contributed by atoms with Crippen LogP contribution in [0.25, 0.3) is 10.9 Å². The molecule has 8 nitrogen and oxygen atoms in total. The first-order valence-corrected chi connectivity index (χ1v) is 6.12. The van der Waals surface area contributed by atoms with Crippen LogP contribution in [0.4, 0.5) is 5.69 Å². The van der Waals surface area contributed by atoms with Crippen LogP contribution in [0.1, 0.15) is 6.92 Å². The van der Waals surface area contributed by atoms with Crippen molar-refractivity contribution in [2.45, 2.75) is 19.5 Å². The number of fused-ring (bicyclic) bond motifs is 1. The summed E-state index contributed by atoms with van der Waals surface area (Å²) >= 11 is 0. The first-order valence-electron chi connectivity index (χ1n) is 6.12. The number of nitrogens with one attached hydrogen (secondary N) is 1. The van der Waals surface area contributed by atoms with Gasteiger partial charge in [0.15, 0.2) is 0 Å². The molecule has 2 N–H and O–H groups in total. The summed E-state index contributed by atoms with van der Waals surface area (Å²) in [6, 6.07) is 5.03. The molecule has 1 amide bonds. The number of carboxylic acid groups (broad SMARTS) is 1. The minimum atomic E-state index is -1.17. The van der Waals surface area contributed by atoms with Gasteiger partial charge in [-0.05, 0) is 12.1 Å². The van der Waals surface area contributed by atoms with E-state index >= 15 is 0 Å². The molecule has 0 spiro atoms. The Hall–Kier alpha value is -2.90. The van der Waals surface area contributed by atoms with Gasteiger partial charge in [0.25, 0.3) is 5.69 Å². The normalized spacial score (nSPS) is 12.0. The van der Waals surface area contributed by atoms with Crippen molar-refractivity contribution in [2.75, 3.05) is 0 Å². The van der Waals surface area contributed by atoms with E-state index in [-0.39, 0.29) is 12.2 Å². The van der Waals surface area contributed by atoms with Crippen molar-refractivity contribution in [3.63, 3.8) is 0 Å². The topological polar surface area (TPSA) is 114 Å². The Morgan fingerprint density at radius 2 is 2.14 bits per heavy atom. The summed E-state index contributed by atoms with van der Waals surface area (Å²) in [5.74, 6) is -1.62. The maximum atomic E-state index is 11.1. The van der Waals surface area contributed by atoms with Crippen molar-refractivity contribution in [3.8, 4) is 0 Å². The van der Waals surface area contributed by atoms with E-state index in [0.717, 1.165) is 0 Å². The minimum absolute atomic E-state index is 0.0143. The minimum Gasteiger partial charge on any atom is -0.480 e. The van der Waals surface area contributed by atoms with Crippen LogP contribution in [-0.4, -0.2) is 32.5 Å². The average molecular weight is 291 g/mol. The second kappa shape index (κ2) is 5.61. The molecule has 0 radical (unpaired) electrons. The zero-order chi connectivity index (χ0) is 15.6. The highest BCUT2D eigenvalue weighted by atomic mass is 16.6. The number of carbonyl (C=O) groups is 2. The van der Waals surface area contributed by atoms with E-state index in [2.05, 4.69) is 5.32 Å². The summed E-state index contributed by atoms with van der Waals surface area (Å²) < 4.78 is 1.57. The standard InChI is InChI=1S/C13H13N3O5/c1-8(17)14-10(13(18)19)7-15-6-5-9-11(15)3-2-4-12(9)16(20)21/h2-6,10H,7H2,1H3,(H,14,17)(H,18,19). The Bertz CT molecular complexity index is 722. The van der Waals surface area contributed by atoms with Gasteiger partial charge in [0.2, 0.25) is 5.91 Å². The smallest absolute Gasteiger partial charge is 0.328 e. The van der Waals surface area contributed by atoms with E-state index in [1.54, 1.807) is 22.9 Å². The number of nitrogens with zero attached hydrogens (tertiary/aromatic N) is 2. The molecule has 0 bridgehead atoms. The Morgan fingerprint density at radius 3 is 2.71 bits per heavy atom. The zero-order valence-corrected chi connectivity index (χ0v) is 11.1. The first-order chi connectivity index (χ1) is 9.90. The number of amides is 1. The number of non-ortho nitro benzene ring substituents is 1. The fourth-order valence-corrected chi connectivity index (χ4v) is 2.15. The molecule has 110 valence electrons. The van der Waals surface area contributed by atoms with Gasteiger partial charge in [0.1, 0.15) is 6.04 Å². The van der Waals surface area contributed by atoms with Gasteiger partial charge >= 0.3 is 5.97 Å². The van der Waals surface area contributed by atoms with Gasteiger partial charge in [0, 0.05) is 19.2 Å². The highest BCUT2D eigenvalue weighted by molar-refractivity contribution is 5.89. The quantitative estimate of drug-likeness (QED) is 0.633. The highest BCUT2D eigenvalue weighted by Crippen LogP contribution is 2.26. The molecule has 0 aliphatic heterocycles. The molecule has 1 heterocycles. The van der Waals surface area contributed by atoms with E-state index in [1.807, 2.05) is 0 Å². The van der Waals surface area contributed by atoms with Gasteiger partial charge in [-0.3, -0.25) is 14.9 Å². The molecule has 1 unspecified atom stereocenters. The highest BCUT2D eigenvalue weighted by Gasteiger charge is 2.21. The molecule has 0 aliphatic rings. The number of hydrogen-bond acceptors (Lipinski definition) is 4. The summed E-state index contributed by atoms with van der Waals surface area (Å²) in [7, 11) is 0. The number of aromatic nitrogens is 1. The van der Waals surface area contributed by atoms with Gasteiger partial charge in [-0.1, -0.05) is 6.07 Å². The van der Waals surface area contributed by atoms with Crippen molar-refractivity contribution in [1.82, 2.24) is 9.88 Å². The number of aliphatic carboxylic acids is 1. The monoisotopic (exact) mass is 291 g/mol. The van der Waals surface area contributed by atoms with Gasteiger partial charge < -0.3 is 15.0 Å². The summed E-state index contributed by atoms with van der Waals surface area (Å²) in [4.78, 5) is 32.6. The van der Waals surface area contributed by atoms with Crippen LogP contribution in [0.15, 0.2) is 30.5 Å². The van der Waals surface area contributed by atoms with Crippen LogP contribution in [0.5, 0.6) is 0 Å². The molecule has 1 aromatic heterocycles. The first kappa shape index (κ1) is 14.5. The zero-order valence-electron chi connectivity index (χ0n) is 11.1. The fraction of sp³-hybridized carbons (Fsp3) is 0.231. The molecule has 1 aromatic carbocycles. The Morgan fingerprint density at radius 1 is 1.43 bits per heavy atom. The Labute approximate surface area is 119 Å². The molecule has 0 aliphatic carbocycles. The van der Waals surface area contributed by atoms with Crippen LogP contribution in [0.3, 0.4) is 0 Å². The third-order valence-electron chi connectivity index (χ3n) is 3.04. The number of rotatable bonds is 5. The van der Waals surface area contributed by atoms with Gasteiger partial charge in [0.05, 0.1) is 22.4 Å². The largest absolute Gasteiger partial charge is 0.480 e. The van der Waals surface area contributed by atoms with Crippen molar-refractivity contribution >= 4 is 28.5 Å². The van der Waals surface area contributed by atoms with E-state index in [0.29, 0.717) is 10.9 Å². The van der Waals surface area contributed by atoms with E-state index in [9.17, 15) is 19.7 Å². The fourth-order valence-electron chi connectivity index (χ4n) is 2.15. The maximum Gasteiger partial charge on any atom is 0.328 e. The molecule has 0 saturated heterocycles. The second-order valence-electron chi connectivity index (χ2n) is 4.53. The number of carbonyl (C=O) groups excluding carboxylic acids is 1. The van der Waals surface area contributed by atoms with Crippen LogP contribution >= 0.6 is 0 Å². The lowest BCUT2D eigenvalue weighted by Gasteiger charge is -2.14. The van der Waals surface area contributed by atoms with Crippen molar-refractivity contribution in [2.24, 2.45) is 0 Å². The molecule has 2 rings (SSSR count). The molecule has 0 fully saturated rings. The summed E-state index contributed by atoms with van der Waals surface area (Å²) in [5.41, 5.74) is 0.499. The number of nitro benzene ring substituents is 1. The van der Waals surface area contributed by atoms with Crippen LogP contribution < -0.4 is 5.32 Å². The van der Waals surface area contributed by atoms with E-state index in [4.69, 9.17) is 5.11 Å². The molecule has 1 atom stereocenters.